The molecule has 0 bridgehead atoms. The SMILES string of the molecule is CC1c2cc3c4c(c2-c2ccccc2C1c1nc(-c2ccc(-c5ccccc5)cc2)nc2sc5ccccc5c12)-c1c(ccc2ccccc12)C4Cc1ccccc1-3. The van der Waals surface area contributed by atoms with Gasteiger partial charge >= 0.3 is 0 Å². The van der Waals surface area contributed by atoms with Crippen LogP contribution >= 0.6 is 11.3 Å². The van der Waals surface area contributed by atoms with Gasteiger partial charge in [0.05, 0.1) is 5.69 Å². The molecule has 2 nitrogen and oxygen atoms in total. The molecular formula is C55H36N2S. The van der Waals surface area contributed by atoms with E-state index in [9.17, 15) is 0 Å². The molecule has 2 aromatic heterocycles. The highest BCUT2D eigenvalue weighted by Crippen LogP contribution is 2.63. The van der Waals surface area contributed by atoms with Crippen LogP contribution in [0.25, 0.3) is 87.0 Å². The first kappa shape index (κ1) is 32.4. The first-order valence-electron chi connectivity index (χ1n) is 20.4. The lowest BCUT2D eigenvalue weighted by molar-refractivity contribution is 0.638. The minimum Gasteiger partial charge on any atom is -0.232 e. The minimum absolute atomic E-state index is 0.0165. The van der Waals surface area contributed by atoms with Crippen molar-refractivity contribution >= 4 is 42.4 Å². The molecule has 10 aromatic rings. The zero-order valence-electron chi connectivity index (χ0n) is 31.9. The van der Waals surface area contributed by atoms with E-state index in [-0.39, 0.29) is 11.8 Å². The number of rotatable bonds is 3. The maximum Gasteiger partial charge on any atom is 0.161 e. The van der Waals surface area contributed by atoms with E-state index in [1.165, 1.54) is 98.6 Å². The second-order valence-corrected chi connectivity index (χ2v) is 17.4. The maximum absolute atomic E-state index is 5.69. The van der Waals surface area contributed by atoms with Gasteiger partial charge in [-0.3, -0.25) is 0 Å². The second-order valence-electron chi connectivity index (χ2n) is 16.3. The van der Waals surface area contributed by atoms with Crippen molar-refractivity contribution in [3.8, 4) is 55.9 Å². The summed E-state index contributed by atoms with van der Waals surface area (Å²) in [5.41, 5.74) is 20.1. The minimum atomic E-state index is 0.0165. The topological polar surface area (TPSA) is 25.8 Å². The Labute approximate surface area is 341 Å². The van der Waals surface area contributed by atoms with E-state index in [1.807, 2.05) is 0 Å². The Morgan fingerprint density at radius 1 is 0.517 bits per heavy atom. The van der Waals surface area contributed by atoms with Gasteiger partial charge in [-0.1, -0.05) is 165 Å². The van der Waals surface area contributed by atoms with Crippen LogP contribution in [0.15, 0.2) is 170 Å². The van der Waals surface area contributed by atoms with Crippen molar-refractivity contribution in [2.75, 3.05) is 0 Å². The van der Waals surface area contributed by atoms with Crippen LogP contribution in [0.1, 0.15) is 58.2 Å². The molecule has 3 heteroatoms. The first-order chi connectivity index (χ1) is 28.7. The lowest BCUT2D eigenvalue weighted by Gasteiger charge is -2.37. The number of benzene rings is 8. The van der Waals surface area contributed by atoms with Gasteiger partial charge < -0.3 is 0 Å². The van der Waals surface area contributed by atoms with E-state index in [1.54, 1.807) is 11.3 Å². The highest BCUT2D eigenvalue weighted by atomic mass is 32.1. The lowest BCUT2D eigenvalue weighted by Crippen LogP contribution is -2.20. The quantitative estimate of drug-likeness (QED) is 0.179. The summed E-state index contributed by atoms with van der Waals surface area (Å²) < 4.78 is 1.25. The van der Waals surface area contributed by atoms with E-state index in [0.717, 1.165) is 28.3 Å². The summed E-state index contributed by atoms with van der Waals surface area (Å²) >= 11 is 1.78. The zero-order valence-corrected chi connectivity index (χ0v) is 32.7. The van der Waals surface area contributed by atoms with E-state index < -0.39 is 0 Å². The number of hydrogen-bond donors (Lipinski definition) is 0. The number of aromatic nitrogens is 2. The van der Waals surface area contributed by atoms with Crippen molar-refractivity contribution in [2.45, 2.75) is 31.1 Å². The van der Waals surface area contributed by atoms with E-state index in [2.05, 4.69) is 177 Å². The Morgan fingerprint density at radius 3 is 2.10 bits per heavy atom. The smallest absolute Gasteiger partial charge is 0.161 e. The summed E-state index contributed by atoms with van der Waals surface area (Å²) in [6.45, 7) is 2.46. The van der Waals surface area contributed by atoms with E-state index in [4.69, 9.17) is 9.97 Å². The van der Waals surface area contributed by atoms with Crippen LogP contribution < -0.4 is 0 Å². The molecule has 2 heterocycles. The van der Waals surface area contributed by atoms with Gasteiger partial charge in [0, 0.05) is 32.9 Å². The van der Waals surface area contributed by atoms with Crippen molar-refractivity contribution in [3.63, 3.8) is 0 Å². The number of thiophene rings is 1. The highest BCUT2D eigenvalue weighted by molar-refractivity contribution is 7.25. The van der Waals surface area contributed by atoms with E-state index in [0.29, 0.717) is 5.92 Å². The third kappa shape index (κ3) is 4.48. The van der Waals surface area contributed by atoms with Gasteiger partial charge in [-0.15, -0.1) is 11.3 Å². The maximum atomic E-state index is 5.69. The molecule has 3 aliphatic carbocycles. The average molecular weight is 757 g/mol. The standard InChI is InChI=1S/C55H36N2S/c1-31-43-30-45-37-17-7-6-16-36(37)29-44-41-28-27-34-15-5-8-18-38(34)48(41)52(50(44)45)49(43)40-20-10-9-19-39(40)47(31)53-51-42-21-11-12-22-46(42)58-55(51)57-54(56-53)35-25-23-33(24-26-35)32-13-3-2-4-14-32/h2-28,30-31,44,47H,29H2,1H3. The van der Waals surface area contributed by atoms with Crippen LogP contribution in [0.5, 0.6) is 0 Å². The van der Waals surface area contributed by atoms with Crippen LogP contribution in [0.3, 0.4) is 0 Å². The third-order valence-electron chi connectivity index (χ3n) is 13.4. The predicted octanol–water partition coefficient (Wildman–Crippen LogP) is 14.6. The third-order valence-corrected chi connectivity index (χ3v) is 14.5. The summed E-state index contributed by atoms with van der Waals surface area (Å²) in [6, 6.07) is 62.9. The van der Waals surface area contributed by atoms with E-state index >= 15 is 0 Å². The number of hydrogen-bond acceptors (Lipinski definition) is 3. The van der Waals surface area contributed by atoms with Crippen LogP contribution in [-0.2, 0) is 6.42 Å². The molecule has 0 amide bonds. The fraction of sp³-hybridized carbons (Fsp3) is 0.0909. The van der Waals surface area contributed by atoms with Gasteiger partial charge in [0.2, 0.25) is 0 Å². The first-order valence-corrected chi connectivity index (χ1v) is 21.3. The fourth-order valence-corrected chi connectivity index (χ4v) is 12.0. The van der Waals surface area contributed by atoms with Gasteiger partial charge in [-0.2, -0.15) is 0 Å². The van der Waals surface area contributed by atoms with Gasteiger partial charge in [-0.05, 0) is 108 Å². The average Bonchev–Trinajstić information content (AvgIpc) is 3.83. The van der Waals surface area contributed by atoms with Crippen LogP contribution in [0, 0.1) is 0 Å². The van der Waals surface area contributed by atoms with Gasteiger partial charge in [0.15, 0.2) is 5.82 Å². The molecule has 0 spiro atoms. The van der Waals surface area contributed by atoms with Crippen molar-refractivity contribution in [3.05, 3.63) is 203 Å². The Balaban J connectivity index is 1.09. The zero-order chi connectivity index (χ0) is 38.1. The Morgan fingerprint density at radius 2 is 1.22 bits per heavy atom. The predicted molar refractivity (Wildman–Crippen MR) is 242 cm³/mol. The summed E-state index contributed by atoms with van der Waals surface area (Å²) in [5.74, 6) is 1.27. The lowest BCUT2D eigenvalue weighted by atomic mass is 9.66. The van der Waals surface area contributed by atoms with Crippen LogP contribution in [-0.4, -0.2) is 9.97 Å². The summed E-state index contributed by atoms with van der Waals surface area (Å²) in [4.78, 5) is 12.1. The van der Waals surface area contributed by atoms with Crippen molar-refractivity contribution in [2.24, 2.45) is 0 Å². The summed E-state index contributed by atoms with van der Waals surface area (Å²) in [7, 11) is 0. The molecule has 0 fully saturated rings. The van der Waals surface area contributed by atoms with Gasteiger partial charge in [0.25, 0.3) is 0 Å². The summed E-state index contributed by atoms with van der Waals surface area (Å²) in [5, 5.41) is 5.08. The molecule has 0 aliphatic heterocycles. The molecule has 0 saturated heterocycles. The molecule has 272 valence electrons. The Kier molecular flexibility index (Phi) is 6.80. The van der Waals surface area contributed by atoms with Crippen LogP contribution in [0.4, 0.5) is 0 Å². The normalized spacial score (nSPS) is 17.2. The molecule has 58 heavy (non-hydrogen) atoms. The molecule has 8 aromatic carbocycles. The Hall–Kier alpha value is -6.68. The molecule has 0 saturated carbocycles. The Bertz CT molecular complexity index is 3340. The molecule has 0 radical (unpaired) electrons. The van der Waals surface area contributed by atoms with Crippen molar-refractivity contribution < 1.29 is 0 Å². The van der Waals surface area contributed by atoms with Crippen molar-refractivity contribution in [1.29, 1.82) is 0 Å². The largest absolute Gasteiger partial charge is 0.232 e. The van der Waals surface area contributed by atoms with Crippen LogP contribution in [0.2, 0.25) is 0 Å². The van der Waals surface area contributed by atoms with Crippen molar-refractivity contribution in [1.82, 2.24) is 9.97 Å². The summed E-state index contributed by atoms with van der Waals surface area (Å²) in [6.07, 6.45) is 1.03. The molecule has 0 N–H and O–H groups in total. The molecule has 13 rings (SSSR count). The second kappa shape index (κ2) is 12.2. The van der Waals surface area contributed by atoms with Gasteiger partial charge in [-0.25, -0.2) is 9.97 Å². The fourth-order valence-electron chi connectivity index (χ4n) is 10.9. The number of fused-ring (bicyclic) bond motifs is 14. The number of nitrogens with zero attached hydrogens (tertiary/aromatic N) is 2. The molecule has 3 atom stereocenters. The highest BCUT2D eigenvalue weighted by Gasteiger charge is 2.43. The molecule has 3 aliphatic rings. The molecule has 3 unspecified atom stereocenters. The van der Waals surface area contributed by atoms with Gasteiger partial charge in [0.1, 0.15) is 4.83 Å². The molecular weight excluding hydrogens is 721 g/mol. The monoisotopic (exact) mass is 756 g/mol.